The van der Waals surface area contributed by atoms with E-state index in [1.807, 2.05) is 0 Å². The number of hydrogen-bond acceptors (Lipinski definition) is 4. The molecule has 14 heteroatoms. The molecule has 2 heterocycles. The van der Waals surface area contributed by atoms with Crippen LogP contribution in [0, 0.1) is 5.82 Å². The van der Waals surface area contributed by atoms with E-state index < -0.39 is 58.0 Å². The average molecular weight is 603 g/mol. The molecule has 4 rings (SSSR count). The van der Waals surface area contributed by atoms with E-state index in [1.54, 1.807) is 12.1 Å². The van der Waals surface area contributed by atoms with Crippen molar-refractivity contribution in [2.75, 3.05) is 13.1 Å². The molecule has 2 aromatic carbocycles. The number of rotatable bonds is 5. The van der Waals surface area contributed by atoms with Crippen molar-refractivity contribution in [3.8, 4) is 0 Å². The van der Waals surface area contributed by atoms with Gasteiger partial charge in [-0.15, -0.1) is 0 Å². The molecule has 2 aliphatic heterocycles. The summed E-state index contributed by atoms with van der Waals surface area (Å²) in [5.41, 5.74) is -2.41. The molecule has 1 fully saturated rings. The molecule has 1 saturated heterocycles. The monoisotopic (exact) mass is 602 g/mol. The van der Waals surface area contributed by atoms with Gasteiger partial charge >= 0.3 is 12.4 Å². The van der Waals surface area contributed by atoms with E-state index in [-0.39, 0.29) is 31.0 Å². The lowest BCUT2D eigenvalue weighted by molar-refractivity contribution is -0.185. The molecule has 4 nitrogen and oxygen atoms in total. The number of likely N-dealkylation sites (tertiary alicyclic amines) is 1. The minimum atomic E-state index is -4.82. The summed E-state index contributed by atoms with van der Waals surface area (Å²) in [5.74, 6) is -2.10. The van der Waals surface area contributed by atoms with Crippen molar-refractivity contribution in [2.24, 2.45) is 4.40 Å². The molecular weight excluding hydrogens is 584 g/mol. The largest absolute Gasteiger partial charge is 0.398 e. The highest BCUT2D eigenvalue weighted by atomic mass is 35.5. The molecule has 0 aromatic heterocycles. The van der Waals surface area contributed by atoms with Crippen LogP contribution in [-0.4, -0.2) is 42.0 Å². The van der Waals surface area contributed by atoms with Gasteiger partial charge in [0.25, 0.3) is 0 Å². The van der Waals surface area contributed by atoms with Crippen molar-refractivity contribution in [2.45, 2.75) is 49.7 Å². The fraction of sp³-hybridized carbons (Fsp3) is 0.417. The van der Waals surface area contributed by atoms with Gasteiger partial charge in [0.2, 0.25) is 5.91 Å². The number of nitrogens with zero attached hydrogens (tertiary/aromatic N) is 2. The van der Waals surface area contributed by atoms with E-state index in [0.29, 0.717) is 16.7 Å². The third-order valence-electron chi connectivity index (χ3n) is 6.92. The van der Waals surface area contributed by atoms with Crippen LogP contribution in [0.1, 0.15) is 42.0 Å². The smallest absolute Gasteiger partial charge is 0.362 e. The summed E-state index contributed by atoms with van der Waals surface area (Å²) in [7, 11) is 0. The van der Waals surface area contributed by atoms with Gasteiger partial charge in [0.05, 0.1) is 40.9 Å². The van der Waals surface area contributed by atoms with Crippen LogP contribution in [0.5, 0.6) is 0 Å². The fourth-order valence-corrected chi connectivity index (χ4v) is 5.37. The van der Waals surface area contributed by atoms with Crippen LogP contribution in [-0.2, 0) is 27.2 Å². The lowest BCUT2D eigenvalue weighted by Gasteiger charge is -2.47. The van der Waals surface area contributed by atoms with Crippen LogP contribution in [0.15, 0.2) is 34.7 Å². The van der Waals surface area contributed by atoms with Crippen molar-refractivity contribution >= 4 is 47.6 Å². The van der Waals surface area contributed by atoms with Gasteiger partial charge in [-0.2, -0.15) is 26.3 Å². The zero-order valence-corrected chi connectivity index (χ0v) is 21.9. The standard InChI is InChI=1S/C24H19Cl2F7N2O2S/c1-21(24(31,32)33,14-5-16(25)20(27)17(26)6-14)7-18(34-38)12-2-3-15-13(4-12)9-37-22(15)10-35(11-22)19(36)8-23(28,29)30/h2-6,38H,7-11H2,1H3/b34-18+. The first-order valence-electron chi connectivity index (χ1n) is 11.0. The van der Waals surface area contributed by atoms with Gasteiger partial charge in [-0.25, -0.2) is 8.79 Å². The predicted molar refractivity (Wildman–Crippen MR) is 130 cm³/mol. The topological polar surface area (TPSA) is 41.9 Å². The van der Waals surface area contributed by atoms with E-state index in [1.165, 1.54) is 6.07 Å². The van der Waals surface area contributed by atoms with Gasteiger partial charge in [0.15, 0.2) is 5.82 Å². The highest BCUT2D eigenvalue weighted by molar-refractivity contribution is 7.79. The Labute approximate surface area is 228 Å². The van der Waals surface area contributed by atoms with E-state index in [2.05, 4.69) is 17.2 Å². The Kier molecular flexibility index (Phi) is 7.52. The number of amides is 1. The Morgan fingerprint density at radius 2 is 1.68 bits per heavy atom. The van der Waals surface area contributed by atoms with Gasteiger partial charge in [0, 0.05) is 6.42 Å². The van der Waals surface area contributed by atoms with Gasteiger partial charge < -0.3 is 9.64 Å². The summed E-state index contributed by atoms with van der Waals surface area (Å²) in [4.78, 5) is 12.9. The summed E-state index contributed by atoms with van der Waals surface area (Å²) in [6, 6.07) is 6.41. The number of fused-ring (bicyclic) bond motifs is 2. The highest BCUT2D eigenvalue weighted by Crippen LogP contribution is 2.47. The van der Waals surface area contributed by atoms with Gasteiger partial charge in [-0.3, -0.25) is 4.79 Å². The summed E-state index contributed by atoms with van der Waals surface area (Å²) in [6.45, 7) is 0.822. The number of thiol groups is 1. The highest BCUT2D eigenvalue weighted by Gasteiger charge is 2.54. The fourth-order valence-electron chi connectivity index (χ4n) is 4.69. The second-order valence-electron chi connectivity index (χ2n) is 9.50. The normalized spacial score (nSPS) is 18.8. The third kappa shape index (κ3) is 5.24. The number of carbonyl (C=O) groups is 1. The Hall–Kier alpha value is -2.02. The Morgan fingerprint density at radius 1 is 1.08 bits per heavy atom. The quantitative estimate of drug-likeness (QED) is 0.170. The first kappa shape index (κ1) is 29.0. The molecule has 0 N–H and O–H groups in total. The minimum absolute atomic E-state index is 0.0379. The Bertz CT molecular complexity index is 1290. The molecule has 2 aromatic rings. The molecule has 1 unspecified atom stereocenters. The molecule has 1 atom stereocenters. The SMILES string of the molecule is CC(C/C(=N\S)c1ccc2c(c1)COC21CN(C(=O)CC(F)(F)F)C1)(c1cc(Cl)c(F)c(Cl)c1)C(F)(F)F. The number of halogens is 9. The second-order valence-corrected chi connectivity index (χ2v) is 10.5. The Morgan fingerprint density at radius 3 is 2.21 bits per heavy atom. The molecule has 206 valence electrons. The van der Waals surface area contributed by atoms with Crippen LogP contribution < -0.4 is 0 Å². The third-order valence-corrected chi connectivity index (χ3v) is 7.71. The van der Waals surface area contributed by atoms with Crippen LogP contribution in [0.4, 0.5) is 30.7 Å². The van der Waals surface area contributed by atoms with Crippen molar-refractivity contribution in [1.82, 2.24) is 4.90 Å². The van der Waals surface area contributed by atoms with Crippen molar-refractivity contribution in [1.29, 1.82) is 0 Å². The van der Waals surface area contributed by atoms with E-state index >= 15 is 0 Å². The predicted octanol–water partition coefficient (Wildman–Crippen LogP) is 7.20. The summed E-state index contributed by atoms with van der Waals surface area (Å²) in [5, 5.41) is -1.12. The van der Waals surface area contributed by atoms with Gasteiger partial charge in [0.1, 0.15) is 12.0 Å². The molecule has 0 bridgehead atoms. The van der Waals surface area contributed by atoms with Crippen LogP contribution in [0.3, 0.4) is 0 Å². The maximum Gasteiger partial charge on any atom is 0.398 e. The average Bonchev–Trinajstić information content (AvgIpc) is 3.16. The zero-order valence-electron chi connectivity index (χ0n) is 19.5. The van der Waals surface area contributed by atoms with Crippen molar-refractivity contribution in [3.63, 3.8) is 0 Å². The molecule has 0 aliphatic carbocycles. The summed E-state index contributed by atoms with van der Waals surface area (Å²) < 4.78 is 104. The molecule has 1 spiro atoms. The van der Waals surface area contributed by atoms with Crippen molar-refractivity contribution in [3.05, 3.63) is 68.4 Å². The van der Waals surface area contributed by atoms with E-state index in [4.69, 9.17) is 27.9 Å². The minimum Gasteiger partial charge on any atom is -0.362 e. The van der Waals surface area contributed by atoms with E-state index in [0.717, 1.165) is 24.0 Å². The van der Waals surface area contributed by atoms with Crippen LogP contribution in [0.2, 0.25) is 10.0 Å². The lowest BCUT2D eigenvalue weighted by atomic mass is 9.76. The molecule has 38 heavy (non-hydrogen) atoms. The number of alkyl halides is 6. The molecule has 0 radical (unpaired) electrons. The van der Waals surface area contributed by atoms with Crippen molar-refractivity contribution < 1.29 is 40.3 Å². The number of benzene rings is 2. The van der Waals surface area contributed by atoms with Gasteiger partial charge in [-0.1, -0.05) is 35.3 Å². The van der Waals surface area contributed by atoms with Crippen LogP contribution >= 0.6 is 36.0 Å². The second kappa shape index (κ2) is 9.87. The number of carbonyl (C=O) groups excluding carboxylic acids is 1. The zero-order chi connectivity index (χ0) is 28.3. The Balaban J connectivity index is 1.59. The molecule has 1 amide bonds. The maximum atomic E-state index is 14.4. The van der Waals surface area contributed by atoms with Gasteiger partial charge in [-0.05, 0) is 60.2 Å². The first-order chi connectivity index (χ1) is 17.5. The molecule has 2 aliphatic rings. The number of ether oxygens (including phenoxy) is 1. The summed E-state index contributed by atoms with van der Waals surface area (Å²) in [6.07, 6.45) is -11.7. The van der Waals surface area contributed by atoms with E-state index in [9.17, 15) is 35.5 Å². The van der Waals surface area contributed by atoms with Crippen LogP contribution in [0.25, 0.3) is 0 Å². The summed E-state index contributed by atoms with van der Waals surface area (Å²) >= 11 is 15.4. The maximum absolute atomic E-state index is 14.4. The number of hydrogen-bond donors (Lipinski definition) is 1. The molecule has 0 saturated carbocycles. The molecular formula is C24H19Cl2F7N2O2S. The lowest BCUT2D eigenvalue weighted by Crippen LogP contribution is -2.61. The first-order valence-corrected chi connectivity index (χ1v) is 12.2.